The molecule has 0 fully saturated rings. The van der Waals surface area contributed by atoms with Crippen LogP contribution < -0.4 is 10.1 Å². The molecule has 5 nitrogen and oxygen atoms in total. The second kappa shape index (κ2) is 9.93. The molecule has 27 heavy (non-hydrogen) atoms. The van der Waals surface area contributed by atoms with Crippen LogP contribution in [-0.4, -0.2) is 30.0 Å². The summed E-state index contributed by atoms with van der Waals surface area (Å²) >= 11 is 0. The Balaban J connectivity index is 2.85. The van der Waals surface area contributed by atoms with Crippen LogP contribution in [0, 0.1) is 23.5 Å². The molecule has 1 aromatic rings. The third-order valence-corrected chi connectivity index (χ3v) is 3.05. The number of hydrogen-bond acceptors (Lipinski definition) is 4. The van der Waals surface area contributed by atoms with Gasteiger partial charge < -0.3 is 19.9 Å². The Morgan fingerprint density at radius 3 is 2.52 bits per heavy atom. The lowest BCUT2D eigenvalue weighted by molar-refractivity contribution is 0.0535. The van der Waals surface area contributed by atoms with E-state index in [4.69, 9.17) is 9.47 Å². The third kappa shape index (κ3) is 8.09. The number of carbonyl (C=O) groups excluding carboxylic acids is 1. The Morgan fingerprint density at radius 2 is 1.93 bits per heavy atom. The van der Waals surface area contributed by atoms with Crippen LogP contribution in [0.5, 0.6) is 5.75 Å². The number of benzene rings is 1. The zero-order valence-electron chi connectivity index (χ0n) is 16.2. The molecule has 148 valence electrons. The lowest BCUT2D eigenvalue weighted by Gasteiger charge is -2.19. The number of aliphatic hydroxyl groups is 1. The summed E-state index contributed by atoms with van der Waals surface area (Å²) in [7, 11) is 0. The molecule has 0 spiro atoms. The van der Waals surface area contributed by atoms with E-state index in [1.807, 2.05) is 13.8 Å². The maximum atomic E-state index is 14.1. The first-order chi connectivity index (χ1) is 12.5. The largest absolute Gasteiger partial charge is 0.486 e. The highest BCUT2D eigenvalue weighted by Crippen LogP contribution is 2.31. The number of carbonyl (C=O) groups is 1. The molecule has 1 aromatic carbocycles. The van der Waals surface area contributed by atoms with E-state index in [0.29, 0.717) is 0 Å². The third-order valence-electron chi connectivity index (χ3n) is 3.05. The Labute approximate surface area is 158 Å². The van der Waals surface area contributed by atoms with Gasteiger partial charge in [0.1, 0.15) is 24.1 Å². The van der Waals surface area contributed by atoms with E-state index in [1.165, 1.54) is 0 Å². The van der Waals surface area contributed by atoms with E-state index in [1.54, 1.807) is 26.8 Å². The highest BCUT2D eigenvalue weighted by atomic mass is 19.1. The SMILES string of the molecule is CC(C)=CCOc1c(F)ccc(F)c1C(O)C#CCNC(=O)OC(C)(C)C. The molecule has 0 aliphatic rings. The number of alkyl carbamates (subject to hydrolysis) is 1. The van der Waals surface area contributed by atoms with Crippen molar-refractivity contribution >= 4 is 6.09 Å². The number of allylic oxidation sites excluding steroid dienone is 1. The lowest BCUT2D eigenvalue weighted by atomic mass is 10.1. The first-order valence-electron chi connectivity index (χ1n) is 8.38. The predicted molar refractivity (Wildman–Crippen MR) is 98.3 cm³/mol. The van der Waals surface area contributed by atoms with Crippen molar-refractivity contribution in [1.82, 2.24) is 5.32 Å². The maximum Gasteiger partial charge on any atom is 0.408 e. The van der Waals surface area contributed by atoms with Gasteiger partial charge in [-0.05, 0) is 52.8 Å². The minimum absolute atomic E-state index is 0.0239. The van der Waals surface area contributed by atoms with Gasteiger partial charge in [0, 0.05) is 0 Å². The lowest BCUT2D eigenvalue weighted by Crippen LogP contribution is -2.32. The fraction of sp³-hybridized carbons (Fsp3) is 0.450. The van der Waals surface area contributed by atoms with Crippen LogP contribution in [-0.2, 0) is 4.74 Å². The van der Waals surface area contributed by atoms with Crippen LogP contribution in [0.4, 0.5) is 13.6 Å². The van der Waals surface area contributed by atoms with Crippen molar-refractivity contribution in [1.29, 1.82) is 0 Å². The summed E-state index contributed by atoms with van der Waals surface area (Å²) in [6, 6.07) is 1.81. The van der Waals surface area contributed by atoms with E-state index in [0.717, 1.165) is 17.7 Å². The number of halogens is 2. The van der Waals surface area contributed by atoms with Crippen molar-refractivity contribution in [3.05, 3.63) is 41.0 Å². The summed E-state index contributed by atoms with van der Waals surface area (Å²) in [5, 5.41) is 12.5. The van der Waals surface area contributed by atoms with Crippen LogP contribution >= 0.6 is 0 Å². The highest BCUT2D eigenvalue weighted by molar-refractivity contribution is 5.68. The topological polar surface area (TPSA) is 67.8 Å². The van der Waals surface area contributed by atoms with Crippen molar-refractivity contribution < 1.29 is 28.2 Å². The number of rotatable bonds is 5. The summed E-state index contributed by atoms with van der Waals surface area (Å²) in [5.74, 6) is 2.80. The number of nitrogens with one attached hydrogen (secondary N) is 1. The molecule has 0 aliphatic heterocycles. The molecule has 0 bridgehead atoms. The smallest absolute Gasteiger partial charge is 0.408 e. The first-order valence-corrected chi connectivity index (χ1v) is 8.38. The molecule has 1 rings (SSSR count). The van der Waals surface area contributed by atoms with Gasteiger partial charge in [0.2, 0.25) is 0 Å². The summed E-state index contributed by atoms with van der Waals surface area (Å²) in [6.07, 6.45) is -0.603. The Morgan fingerprint density at radius 1 is 1.30 bits per heavy atom. The fourth-order valence-electron chi connectivity index (χ4n) is 1.89. The van der Waals surface area contributed by atoms with Crippen molar-refractivity contribution in [3.63, 3.8) is 0 Å². The van der Waals surface area contributed by atoms with Crippen LogP contribution in [0.25, 0.3) is 0 Å². The van der Waals surface area contributed by atoms with Gasteiger partial charge in [-0.2, -0.15) is 0 Å². The molecule has 0 saturated heterocycles. The minimum atomic E-state index is -1.62. The van der Waals surface area contributed by atoms with Crippen LogP contribution in [0.2, 0.25) is 0 Å². The second-order valence-corrected chi connectivity index (χ2v) is 6.94. The van der Waals surface area contributed by atoms with Gasteiger partial charge in [0.15, 0.2) is 11.6 Å². The van der Waals surface area contributed by atoms with Gasteiger partial charge in [-0.15, -0.1) is 0 Å². The zero-order valence-corrected chi connectivity index (χ0v) is 16.2. The van der Waals surface area contributed by atoms with E-state index in [2.05, 4.69) is 17.2 Å². The molecule has 1 unspecified atom stereocenters. The minimum Gasteiger partial charge on any atom is -0.486 e. The molecule has 0 heterocycles. The van der Waals surface area contributed by atoms with Gasteiger partial charge >= 0.3 is 6.09 Å². The quantitative estimate of drug-likeness (QED) is 0.600. The van der Waals surface area contributed by atoms with Gasteiger partial charge in [-0.1, -0.05) is 17.4 Å². The van der Waals surface area contributed by atoms with E-state index in [9.17, 15) is 18.7 Å². The number of aliphatic hydroxyl groups excluding tert-OH is 1. The number of ether oxygens (including phenoxy) is 2. The molecule has 7 heteroatoms. The first kappa shape index (κ1) is 22.5. The van der Waals surface area contributed by atoms with E-state index in [-0.39, 0.29) is 18.7 Å². The zero-order chi connectivity index (χ0) is 20.6. The Kier molecular flexibility index (Phi) is 8.26. The summed E-state index contributed by atoms with van der Waals surface area (Å²) in [5.41, 5.74) is -0.0944. The van der Waals surface area contributed by atoms with Crippen molar-refractivity contribution in [2.24, 2.45) is 0 Å². The molecule has 2 N–H and O–H groups in total. The van der Waals surface area contributed by atoms with Gasteiger partial charge in [0.05, 0.1) is 12.1 Å². The normalized spacial score (nSPS) is 11.7. The summed E-state index contributed by atoms with van der Waals surface area (Å²) in [6.45, 7) is 8.71. The van der Waals surface area contributed by atoms with Crippen molar-refractivity contribution in [2.75, 3.05) is 13.2 Å². The molecule has 0 aromatic heterocycles. The molecular formula is C20H25F2NO4. The molecule has 0 aliphatic carbocycles. The van der Waals surface area contributed by atoms with Crippen LogP contribution in [0.15, 0.2) is 23.8 Å². The summed E-state index contributed by atoms with van der Waals surface area (Å²) in [4.78, 5) is 11.5. The van der Waals surface area contributed by atoms with Gasteiger partial charge in [0.25, 0.3) is 0 Å². The number of hydrogen-bond donors (Lipinski definition) is 2. The predicted octanol–water partition coefficient (Wildman–Crippen LogP) is 3.87. The summed E-state index contributed by atoms with van der Waals surface area (Å²) < 4.78 is 38.4. The monoisotopic (exact) mass is 381 g/mol. The standard InChI is InChI=1S/C20H25F2NO4/c1-13(2)10-12-26-18-15(22)9-8-14(21)17(18)16(24)7-6-11-23-19(25)27-20(3,4)5/h8-10,16,24H,11-12H2,1-5H3,(H,23,25). The average Bonchev–Trinajstić information content (AvgIpc) is 2.52. The van der Waals surface area contributed by atoms with E-state index >= 15 is 0 Å². The Hall–Kier alpha value is -2.59. The second-order valence-electron chi connectivity index (χ2n) is 6.94. The number of amides is 1. The fourth-order valence-corrected chi connectivity index (χ4v) is 1.89. The van der Waals surface area contributed by atoms with Crippen molar-refractivity contribution in [3.8, 4) is 17.6 Å². The molecule has 0 saturated carbocycles. The maximum absolute atomic E-state index is 14.1. The molecular weight excluding hydrogens is 356 g/mol. The van der Waals surface area contributed by atoms with Crippen molar-refractivity contribution in [2.45, 2.75) is 46.3 Å². The molecule has 1 atom stereocenters. The van der Waals surface area contributed by atoms with Crippen LogP contribution in [0.1, 0.15) is 46.3 Å². The van der Waals surface area contributed by atoms with Crippen LogP contribution in [0.3, 0.4) is 0 Å². The molecule has 1 amide bonds. The van der Waals surface area contributed by atoms with Gasteiger partial charge in [-0.3, -0.25) is 0 Å². The highest BCUT2D eigenvalue weighted by Gasteiger charge is 2.21. The average molecular weight is 381 g/mol. The van der Waals surface area contributed by atoms with Gasteiger partial charge in [-0.25, -0.2) is 13.6 Å². The molecule has 0 radical (unpaired) electrons. The Bertz CT molecular complexity index is 754. The van der Waals surface area contributed by atoms with E-state index < -0.39 is 35.2 Å².